The van der Waals surface area contributed by atoms with Crippen LogP contribution in [0, 0.1) is 5.92 Å². The van der Waals surface area contributed by atoms with Gasteiger partial charge in [0, 0.05) is 31.4 Å². The van der Waals surface area contributed by atoms with E-state index in [1.165, 1.54) is 11.3 Å². The molecule has 1 unspecified atom stereocenters. The molecule has 0 aromatic carbocycles. The fraction of sp³-hybridized carbons (Fsp3) is 0.571. The molecule has 0 bridgehead atoms. The second-order valence-corrected chi connectivity index (χ2v) is 5.74. The number of anilines is 1. The Balaban J connectivity index is 1.93. The second kappa shape index (κ2) is 4.72. The van der Waals surface area contributed by atoms with Crippen LogP contribution in [0.2, 0.25) is 0 Å². The van der Waals surface area contributed by atoms with Crippen LogP contribution in [0.3, 0.4) is 0 Å². The average Bonchev–Trinajstić information content (AvgIpc) is 2.93. The molecular weight excluding hydrogens is 238 g/mol. The molecule has 0 amide bonds. The monoisotopic (exact) mass is 259 g/mol. The quantitative estimate of drug-likeness (QED) is 0.919. The van der Waals surface area contributed by atoms with E-state index in [0.717, 1.165) is 25.2 Å². The van der Waals surface area contributed by atoms with E-state index in [1.54, 1.807) is 0 Å². The molecule has 3 heterocycles. The molecule has 0 aliphatic carbocycles. The lowest BCUT2D eigenvalue weighted by molar-refractivity contribution is 0.474. The van der Waals surface area contributed by atoms with E-state index in [2.05, 4.69) is 41.2 Å². The first kappa shape index (κ1) is 12.3. The van der Waals surface area contributed by atoms with Gasteiger partial charge in [-0.3, -0.25) is 4.68 Å². The highest BCUT2D eigenvalue weighted by Crippen LogP contribution is 2.29. The van der Waals surface area contributed by atoms with E-state index < -0.39 is 0 Å². The summed E-state index contributed by atoms with van der Waals surface area (Å²) >= 11 is 0. The Bertz CT molecular complexity index is 566. The Morgan fingerprint density at radius 2 is 2.32 bits per heavy atom. The standard InChI is InChI=1S/C14H21N5/c1-10(2)6-12-7-14-15-5-4-13(19(14)17-12)11-8-16-18(3)9-11/h7-10,13,15H,4-6H2,1-3H3. The lowest BCUT2D eigenvalue weighted by atomic mass is 10.1. The minimum atomic E-state index is 0.311. The summed E-state index contributed by atoms with van der Waals surface area (Å²) in [5, 5.41) is 12.5. The van der Waals surface area contributed by atoms with Crippen LogP contribution in [0.1, 0.15) is 37.6 Å². The molecule has 1 aliphatic heterocycles. The van der Waals surface area contributed by atoms with Crippen molar-refractivity contribution < 1.29 is 0 Å². The highest BCUT2D eigenvalue weighted by Gasteiger charge is 2.24. The predicted molar refractivity (Wildman–Crippen MR) is 75.2 cm³/mol. The van der Waals surface area contributed by atoms with E-state index in [9.17, 15) is 0 Å². The van der Waals surface area contributed by atoms with Crippen molar-refractivity contribution in [3.05, 3.63) is 29.7 Å². The highest BCUT2D eigenvalue weighted by atomic mass is 15.4. The van der Waals surface area contributed by atoms with Gasteiger partial charge in [-0.15, -0.1) is 0 Å². The highest BCUT2D eigenvalue weighted by molar-refractivity contribution is 5.41. The smallest absolute Gasteiger partial charge is 0.125 e. The summed E-state index contributed by atoms with van der Waals surface area (Å²) in [6.07, 6.45) is 6.12. The van der Waals surface area contributed by atoms with Crippen LogP contribution >= 0.6 is 0 Å². The zero-order chi connectivity index (χ0) is 13.4. The van der Waals surface area contributed by atoms with Crippen LogP contribution < -0.4 is 5.32 Å². The number of hydrogen-bond donors (Lipinski definition) is 1. The lowest BCUT2D eigenvalue weighted by Gasteiger charge is -2.24. The molecule has 0 radical (unpaired) electrons. The molecule has 1 aliphatic rings. The summed E-state index contributed by atoms with van der Waals surface area (Å²) < 4.78 is 3.98. The minimum absolute atomic E-state index is 0.311. The predicted octanol–water partition coefficient (Wildman–Crippen LogP) is 2.22. The van der Waals surface area contributed by atoms with Crippen molar-refractivity contribution in [2.75, 3.05) is 11.9 Å². The van der Waals surface area contributed by atoms with Gasteiger partial charge >= 0.3 is 0 Å². The third kappa shape index (κ3) is 2.37. The first-order valence-corrected chi connectivity index (χ1v) is 6.94. The van der Waals surface area contributed by atoms with Crippen LogP contribution in [-0.4, -0.2) is 26.1 Å². The molecule has 5 nitrogen and oxygen atoms in total. The minimum Gasteiger partial charge on any atom is -0.370 e. The number of nitrogens with zero attached hydrogens (tertiary/aromatic N) is 4. The maximum Gasteiger partial charge on any atom is 0.125 e. The fourth-order valence-corrected chi connectivity index (χ4v) is 2.71. The Kier molecular flexibility index (Phi) is 3.05. The summed E-state index contributed by atoms with van der Waals surface area (Å²) in [6, 6.07) is 2.49. The van der Waals surface area contributed by atoms with Crippen molar-refractivity contribution >= 4 is 5.82 Å². The zero-order valence-electron chi connectivity index (χ0n) is 11.8. The van der Waals surface area contributed by atoms with E-state index in [4.69, 9.17) is 5.10 Å². The van der Waals surface area contributed by atoms with Crippen LogP contribution in [0.15, 0.2) is 18.5 Å². The largest absolute Gasteiger partial charge is 0.370 e. The van der Waals surface area contributed by atoms with Gasteiger partial charge in [0.25, 0.3) is 0 Å². The van der Waals surface area contributed by atoms with Crippen molar-refractivity contribution in [2.45, 2.75) is 32.7 Å². The Morgan fingerprint density at radius 1 is 1.47 bits per heavy atom. The number of aromatic nitrogens is 4. The number of fused-ring (bicyclic) bond motifs is 1. The van der Waals surface area contributed by atoms with Crippen molar-refractivity contribution in [2.24, 2.45) is 13.0 Å². The molecule has 0 saturated heterocycles. The first-order valence-electron chi connectivity index (χ1n) is 6.94. The van der Waals surface area contributed by atoms with E-state index in [-0.39, 0.29) is 0 Å². The second-order valence-electron chi connectivity index (χ2n) is 5.74. The number of rotatable bonds is 3. The summed E-state index contributed by atoms with van der Waals surface area (Å²) in [4.78, 5) is 0. The molecule has 0 spiro atoms. The maximum atomic E-state index is 4.78. The van der Waals surface area contributed by atoms with Gasteiger partial charge in [0.2, 0.25) is 0 Å². The van der Waals surface area contributed by atoms with E-state index in [1.807, 2.05) is 17.9 Å². The van der Waals surface area contributed by atoms with Gasteiger partial charge in [-0.1, -0.05) is 13.8 Å². The Hall–Kier alpha value is -1.78. The van der Waals surface area contributed by atoms with E-state index >= 15 is 0 Å². The number of aryl methyl sites for hydroxylation is 1. The molecule has 3 rings (SSSR count). The third-order valence-electron chi connectivity index (χ3n) is 3.53. The van der Waals surface area contributed by atoms with Gasteiger partial charge in [0.05, 0.1) is 17.9 Å². The number of hydrogen-bond acceptors (Lipinski definition) is 3. The van der Waals surface area contributed by atoms with E-state index in [0.29, 0.717) is 12.0 Å². The SMILES string of the molecule is CC(C)Cc1cc2n(n1)C(c1cnn(C)c1)CCN2. The maximum absolute atomic E-state index is 4.78. The average molecular weight is 259 g/mol. The summed E-state index contributed by atoms with van der Waals surface area (Å²) in [6.45, 7) is 5.45. The van der Waals surface area contributed by atoms with Gasteiger partial charge < -0.3 is 5.32 Å². The topological polar surface area (TPSA) is 47.7 Å². The molecule has 2 aromatic heterocycles. The number of nitrogens with one attached hydrogen (secondary N) is 1. The van der Waals surface area contributed by atoms with Crippen LogP contribution in [0.25, 0.3) is 0 Å². The molecule has 0 saturated carbocycles. The van der Waals surface area contributed by atoms with Crippen molar-refractivity contribution in [1.82, 2.24) is 19.6 Å². The normalized spacial score (nSPS) is 18.4. The Morgan fingerprint density at radius 3 is 3.00 bits per heavy atom. The molecule has 102 valence electrons. The molecule has 1 atom stereocenters. The van der Waals surface area contributed by atoms with Gasteiger partial charge in [0.1, 0.15) is 5.82 Å². The lowest BCUT2D eigenvalue weighted by Crippen LogP contribution is -2.24. The van der Waals surface area contributed by atoms with Crippen molar-refractivity contribution in [1.29, 1.82) is 0 Å². The van der Waals surface area contributed by atoms with Crippen LogP contribution in [0.5, 0.6) is 0 Å². The molecule has 19 heavy (non-hydrogen) atoms. The van der Waals surface area contributed by atoms with Gasteiger partial charge in [-0.05, 0) is 18.8 Å². The van der Waals surface area contributed by atoms with Crippen LogP contribution in [-0.2, 0) is 13.5 Å². The molecule has 0 fully saturated rings. The Labute approximate surface area is 113 Å². The summed E-state index contributed by atoms with van der Waals surface area (Å²) in [5.74, 6) is 1.77. The fourth-order valence-electron chi connectivity index (χ4n) is 2.71. The summed E-state index contributed by atoms with van der Waals surface area (Å²) in [7, 11) is 1.96. The third-order valence-corrected chi connectivity index (χ3v) is 3.53. The van der Waals surface area contributed by atoms with Gasteiger partial charge in [0.15, 0.2) is 0 Å². The molecule has 1 N–H and O–H groups in total. The zero-order valence-corrected chi connectivity index (χ0v) is 11.8. The molecular formula is C14H21N5. The van der Waals surface area contributed by atoms with Crippen molar-refractivity contribution in [3.8, 4) is 0 Å². The van der Waals surface area contributed by atoms with Crippen LogP contribution in [0.4, 0.5) is 5.82 Å². The van der Waals surface area contributed by atoms with Crippen molar-refractivity contribution in [3.63, 3.8) is 0 Å². The molecule has 5 heteroatoms. The molecule has 2 aromatic rings. The summed E-state index contributed by atoms with van der Waals surface area (Å²) in [5.41, 5.74) is 2.41. The van der Waals surface area contributed by atoms with Gasteiger partial charge in [-0.25, -0.2) is 4.68 Å². The first-order chi connectivity index (χ1) is 9.13. The van der Waals surface area contributed by atoms with Gasteiger partial charge in [-0.2, -0.15) is 10.2 Å².